The molecule has 0 unspecified atom stereocenters. The fourth-order valence-corrected chi connectivity index (χ4v) is 2.02. The molecular formula is C10H12F2O5S. The minimum absolute atomic E-state index is 0.311. The summed E-state index contributed by atoms with van der Waals surface area (Å²) in [5.41, 5.74) is -0.687. The lowest BCUT2D eigenvalue weighted by molar-refractivity contribution is 0.353. The van der Waals surface area contributed by atoms with Crippen LogP contribution in [0.15, 0.2) is 6.07 Å². The van der Waals surface area contributed by atoms with Gasteiger partial charge in [-0.2, -0.15) is 8.42 Å². The van der Waals surface area contributed by atoms with Crippen molar-refractivity contribution in [2.45, 2.75) is 5.75 Å². The highest BCUT2D eigenvalue weighted by atomic mass is 32.2. The van der Waals surface area contributed by atoms with Gasteiger partial charge >= 0.3 is 0 Å². The Bertz CT molecular complexity index is 513. The molecule has 1 aromatic rings. The highest BCUT2D eigenvalue weighted by Crippen LogP contribution is 2.32. The first-order chi connectivity index (χ1) is 8.36. The standard InChI is InChI=1S/C10H12F2O5S/c1-15-7-4-8(16-2)10(12)6(9(7)11)5-18(13,14)17-3/h4H,5H2,1-3H3. The van der Waals surface area contributed by atoms with E-state index < -0.39 is 33.1 Å². The maximum atomic E-state index is 13.8. The molecule has 0 saturated heterocycles. The predicted octanol–water partition coefficient (Wildman–Crippen LogP) is 1.46. The Morgan fingerprint density at radius 2 is 1.50 bits per heavy atom. The lowest BCUT2D eigenvalue weighted by Gasteiger charge is -2.12. The van der Waals surface area contributed by atoms with Crippen LogP contribution in [0.1, 0.15) is 5.56 Å². The molecule has 0 aliphatic heterocycles. The van der Waals surface area contributed by atoms with E-state index in [4.69, 9.17) is 0 Å². The number of rotatable bonds is 5. The Kier molecular flexibility index (Phi) is 4.47. The van der Waals surface area contributed by atoms with E-state index in [1.54, 1.807) is 0 Å². The summed E-state index contributed by atoms with van der Waals surface area (Å²) in [6.45, 7) is 0. The van der Waals surface area contributed by atoms with E-state index in [1.165, 1.54) is 14.2 Å². The number of benzene rings is 1. The zero-order valence-corrected chi connectivity index (χ0v) is 10.8. The zero-order valence-electron chi connectivity index (χ0n) is 9.99. The third kappa shape index (κ3) is 2.88. The maximum absolute atomic E-state index is 13.8. The van der Waals surface area contributed by atoms with Crippen molar-refractivity contribution in [1.82, 2.24) is 0 Å². The average Bonchev–Trinajstić information content (AvgIpc) is 2.35. The zero-order chi connectivity index (χ0) is 13.9. The van der Waals surface area contributed by atoms with Gasteiger partial charge in [0.2, 0.25) is 0 Å². The molecule has 0 radical (unpaired) electrons. The summed E-state index contributed by atoms with van der Waals surface area (Å²) >= 11 is 0. The van der Waals surface area contributed by atoms with Crippen molar-refractivity contribution in [2.75, 3.05) is 21.3 Å². The second-order valence-corrected chi connectivity index (χ2v) is 4.99. The molecule has 0 saturated carbocycles. The molecule has 0 aromatic heterocycles. The van der Waals surface area contributed by atoms with Crippen LogP contribution in [0.2, 0.25) is 0 Å². The molecule has 0 aliphatic carbocycles. The predicted molar refractivity (Wildman–Crippen MR) is 59.1 cm³/mol. The summed E-state index contributed by atoms with van der Waals surface area (Å²) in [5.74, 6) is -3.77. The van der Waals surface area contributed by atoms with E-state index in [2.05, 4.69) is 13.7 Å². The molecule has 0 heterocycles. The first-order valence-corrected chi connectivity index (χ1v) is 6.31. The molecule has 1 aromatic carbocycles. The third-order valence-corrected chi connectivity index (χ3v) is 3.39. The first kappa shape index (κ1) is 14.7. The van der Waals surface area contributed by atoms with E-state index >= 15 is 0 Å². The number of methoxy groups -OCH3 is 2. The Morgan fingerprint density at radius 1 is 1.06 bits per heavy atom. The highest BCUT2D eigenvalue weighted by Gasteiger charge is 2.24. The summed E-state index contributed by atoms with van der Waals surface area (Å²) in [5, 5.41) is 0. The van der Waals surface area contributed by atoms with E-state index in [1.807, 2.05) is 0 Å². The Balaban J connectivity index is 3.41. The van der Waals surface area contributed by atoms with Crippen LogP contribution in [-0.4, -0.2) is 29.7 Å². The lowest BCUT2D eigenvalue weighted by Crippen LogP contribution is -2.11. The van der Waals surface area contributed by atoms with Crippen LogP contribution in [0.25, 0.3) is 0 Å². The third-order valence-electron chi connectivity index (χ3n) is 2.24. The second kappa shape index (κ2) is 5.49. The van der Waals surface area contributed by atoms with Gasteiger partial charge in [-0.25, -0.2) is 8.78 Å². The first-order valence-electron chi connectivity index (χ1n) is 4.73. The summed E-state index contributed by atoms with van der Waals surface area (Å²) in [6.07, 6.45) is 0. The Labute approximate surface area is 103 Å². The van der Waals surface area contributed by atoms with Crippen LogP contribution in [-0.2, 0) is 20.1 Å². The maximum Gasteiger partial charge on any atom is 0.271 e. The van der Waals surface area contributed by atoms with Crippen molar-refractivity contribution in [3.8, 4) is 11.5 Å². The number of hydrogen-bond acceptors (Lipinski definition) is 5. The molecule has 18 heavy (non-hydrogen) atoms. The minimum atomic E-state index is -4.06. The molecule has 0 fully saturated rings. The molecule has 102 valence electrons. The largest absolute Gasteiger partial charge is 0.494 e. The minimum Gasteiger partial charge on any atom is -0.494 e. The SMILES string of the molecule is COc1cc(OC)c(F)c(CS(=O)(=O)OC)c1F. The fraction of sp³-hybridized carbons (Fsp3) is 0.400. The molecule has 0 bridgehead atoms. The van der Waals surface area contributed by atoms with Gasteiger partial charge in [-0.1, -0.05) is 0 Å². The van der Waals surface area contributed by atoms with Crippen LogP contribution >= 0.6 is 0 Å². The van der Waals surface area contributed by atoms with Gasteiger partial charge in [0.1, 0.15) is 5.75 Å². The normalized spacial score (nSPS) is 11.4. The molecule has 0 amide bonds. The molecule has 1 rings (SSSR count). The van der Waals surface area contributed by atoms with Crippen molar-refractivity contribution in [3.05, 3.63) is 23.3 Å². The van der Waals surface area contributed by atoms with Crippen LogP contribution in [0, 0.1) is 11.6 Å². The van der Waals surface area contributed by atoms with E-state index in [0.717, 1.165) is 13.2 Å². The van der Waals surface area contributed by atoms with Gasteiger partial charge < -0.3 is 9.47 Å². The van der Waals surface area contributed by atoms with Gasteiger partial charge in [0.05, 0.1) is 21.3 Å². The summed E-state index contributed by atoms with van der Waals surface area (Å²) in [6, 6.07) is 0.994. The van der Waals surface area contributed by atoms with Crippen LogP contribution < -0.4 is 9.47 Å². The van der Waals surface area contributed by atoms with Crippen molar-refractivity contribution < 1.29 is 30.9 Å². The smallest absolute Gasteiger partial charge is 0.271 e. The van der Waals surface area contributed by atoms with Gasteiger partial charge in [-0.15, -0.1) is 0 Å². The van der Waals surface area contributed by atoms with Crippen molar-refractivity contribution in [3.63, 3.8) is 0 Å². The van der Waals surface area contributed by atoms with Crippen LogP contribution in [0.5, 0.6) is 11.5 Å². The van der Waals surface area contributed by atoms with Crippen LogP contribution in [0.4, 0.5) is 8.78 Å². The summed E-state index contributed by atoms with van der Waals surface area (Å²) in [7, 11) is -0.811. The number of hydrogen-bond donors (Lipinski definition) is 0. The quantitative estimate of drug-likeness (QED) is 0.765. The molecule has 0 aliphatic rings. The van der Waals surface area contributed by atoms with Gasteiger partial charge in [0.25, 0.3) is 10.1 Å². The molecule has 0 spiro atoms. The Morgan fingerprint density at radius 3 is 1.83 bits per heavy atom. The fourth-order valence-electron chi connectivity index (χ4n) is 1.30. The Hall–Kier alpha value is -1.41. The molecule has 5 nitrogen and oxygen atoms in total. The number of halogens is 2. The molecule has 0 atom stereocenters. The second-order valence-electron chi connectivity index (χ2n) is 3.26. The van der Waals surface area contributed by atoms with Crippen LogP contribution in [0.3, 0.4) is 0 Å². The van der Waals surface area contributed by atoms with Crippen molar-refractivity contribution in [2.24, 2.45) is 0 Å². The van der Waals surface area contributed by atoms with Crippen molar-refractivity contribution in [1.29, 1.82) is 0 Å². The van der Waals surface area contributed by atoms with Gasteiger partial charge in [0, 0.05) is 11.6 Å². The monoisotopic (exact) mass is 282 g/mol. The molecule has 0 N–H and O–H groups in total. The summed E-state index contributed by atoms with van der Waals surface area (Å²) < 4.78 is 63.5. The van der Waals surface area contributed by atoms with Crippen molar-refractivity contribution >= 4 is 10.1 Å². The van der Waals surface area contributed by atoms with E-state index in [-0.39, 0.29) is 11.5 Å². The molecular weight excluding hydrogens is 270 g/mol. The van der Waals surface area contributed by atoms with E-state index in [0.29, 0.717) is 0 Å². The topological polar surface area (TPSA) is 61.8 Å². The van der Waals surface area contributed by atoms with E-state index in [9.17, 15) is 17.2 Å². The summed E-state index contributed by atoms with van der Waals surface area (Å²) in [4.78, 5) is 0. The number of ether oxygens (including phenoxy) is 2. The highest BCUT2D eigenvalue weighted by molar-refractivity contribution is 7.85. The molecule has 8 heteroatoms. The lowest BCUT2D eigenvalue weighted by atomic mass is 10.2. The van der Waals surface area contributed by atoms with Gasteiger partial charge in [-0.05, 0) is 0 Å². The van der Waals surface area contributed by atoms with Gasteiger partial charge in [-0.3, -0.25) is 4.18 Å². The average molecular weight is 282 g/mol. The van der Waals surface area contributed by atoms with Gasteiger partial charge in [0.15, 0.2) is 23.1 Å².